The molecular formula is C24H30F4N6O4S. The molecule has 0 aliphatic carbocycles. The third kappa shape index (κ3) is 7.13. The van der Waals surface area contributed by atoms with Gasteiger partial charge in [0.15, 0.2) is 0 Å². The second-order valence-corrected chi connectivity index (χ2v) is 11.3. The molecule has 3 N–H and O–H groups in total. The zero-order valence-corrected chi connectivity index (χ0v) is 22.6. The standard InChI is InChI=1S/C24H30F4N6O4S/c1-23(2,3)37-22(36)30-17(12-35)20-31-19(32-38-20)13-10-18-16(29-15-7-9-33(4)11-14(15)25)6-5-8-34(18)21(13)39-24(26,27)28/h5-6,8,10,14-15,17,29,35H,7,9,11-12H2,1-4H3,(H,30,36)/t14-,15+,17+/m0/s1. The van der Waals surface area contributed by atoms with Crippen LogP contribution in [0, 0.1) is 0 Å². The number of amides is 1. The SMILES string of the molecule is CN1CC[C@@H](Nc2cccn3c(SC(F)(F)F)c(-c4noc([C@@H](CO)NC(=O)OC(C)(C)C)n4)cc23)[C@@H](F)C1. The molecule has 1 saturated heterocycles. The fourth-order valence-electron chi connectivity index (χ4n) is 4.21. The maximum atomic E-state index is 14.7. The minimum atomic E-state index is -4.64. The number of alkyl carbamates (subject to hydrolysis) is 1. The van der Waals surface area contributed by atoms with Crippen LogP contribution in [0.1, 0.15) is 39.1 Å². The van der Waals surface area contributed by atoms with Crippen molar-refractivity contribution in [3.05, 3.63) is 30.3 Å². The Morgan fingerprint density at radius 1 is 1.36 bits per heavy atom. The number of anilines is 1. The lowest BCUT2D eigenvalue weighted by molar-refractivity contribution is -0.0329. The molecule has 214 valence electrons. The molecule has 10 nitrogen and oxygen atoms in total. The molecule has 3 atom stereocenters. The van der Waals surface area contributed by atoms with Gasteiger partial charge in [-0.15, -0.1) is 0 Å². The van der Waals surface area contributed by atoms with Crippen molar-refractivity contribution in [1.82, 2.24) is 24.8 Å². The van der Waals surface area contributed by atoms with E-state index < -0.39 is 42.1 Å². The van der Waals surface area contributed by atoms with E-state index in [0.29, 0.717) is 24.2 Å². The molecule has 4 heterocycles. The zero-order chi connectivity index (χ0) is 28.5. The Bertz CT molecular complexity index is 1310. The molecule has 0 spiro atoms. The first-order valence-electron chi connectivity index (χ1n) is 12.2. The Kier molecular flexibility index (Phi) is 8.33. The van der Waals surface area contributed by atoms with E-state index in [1.807, 2.05) is 11.9 Å². The van der Waals surface area contributed by atoms with Crippen molar-refractivity contribution in [2.24, 2.45) is 0 Å². The van der Waals surface area contributed by atoms with Crippen molar-refractivity contribution in [3.63, 3.8) is 0 Å². The summed E-state index contributed by atoms with van der Waals surface area (Å²) in [6.07, 6.45) is -0.0193. The van der Waals surface area contributed by atoms with Gasteiger partial charge in [-0.3, -0.25) is 0 Å². The number of hydrogen-bond acceptors (Lipinski definition) is 9. The van der Waals surface area contributed by atoms with Crippen molar-refractivity contribution in [2.75, 3.05) is 32.1 Å². The Balaban J connectivity index is 1.69. The Labute approximate surface area is 226 Å². The smallest absolute Gasteiger partial charge is 0.444 e. The number of aromatic nitrogens is 3. The highest BCUT2D eigenvalue weighted by Crippen LogP contribution is 2.44. The van der Waals surface area contributed by atoms with Gasteiger partial charge < -0.3 is 34.3 Å². The van der Waals surface area contributed by atoms with Gasteiger partial charge in [-0.25, -0.2) is 9.18 Å². The third-order valence-electron chi connectivity index (χ3n) is 5.92. The number of hydrogen-bond donors (Lipinski definition) is 3. The lowest BCUT2D eigenvalue weighted by atomic mass is 10.0. The van der Waals surface area contributed by atoms with Crippen molar-refractivity contribution < 1.29 is 36.7 Å². The molecule has 0 bridgehead atoms. The summed E-state index contributed by atoms with van der Waals surface area (Å²) in [5, 5.41) is 18.9. The first kappa shape index (κ1) is 29.0. The average molecular weight is 575 g/mol. The number of aliphatic hydroxyl groups is 1. The van der Waals surface area contributed by atoms with E-state index in [1.165, 1.54) is 16.7 Å². The minimum absolute atomic E-state index is 0.00992. The van der Waals surface area contributed by atoms with Crippen LogP contribution in [0.15, 0.2) is 33.9 Å². The van der Waals surface area contributed by atoms with Crippen LogP contribution in [0.4, 0.5) is 28.0 Å². The number of carbonyl (C=O) groups is 1. The molecule has 1 aliphatic heterocycles. The third-order valence-corrected chi connectivity index (χ3v) is 6.76. The minimum Gasteiger partial charge on any atom is -0.444 e. The maximum Gasteiger partial charge on any atom is 0.447 e. The van der Waals surface area contributed by atoms with Crippen LogP contribution >= 0.6 is 11.8 Å². The molecule has 0 aromatic carbocycles. The first-order valence-corrected chi connectivity index (χ1v) is 13.0. The number of aliphatic hydroxyl groups excluding tert-OH is 1. The number of pyridine rings is 1. The van der Waals surface area contributed by atoms with E-state index >= 15 is 0 Å². The van der Waals surface area contributed by atoms with Crippen LogP contribution in [-0.2, 0) is 4.74 Å². The number of piperidine rings is 1. The summed E-state index contributed by atoms with van der Waals surface area (Å²) in [7, 11) is 1.83. The van der Waals surface area contributed by atoms with E-state index in [2.05, 4.69) is 20.8 Å². The summed E-state index contributed by atoms with van der Waals surface area (Å²) in [6, 6.07) is 3.03. The van der Waals surface area contributed by atoms with Crippen molar-refractivity contribution >= 4 is 29.1 Å². The molecule has 1 fully saturated rings. The molecule has 3 aromatic rings. The fraction of sp³-hybridized carbons (Fsp3) is 0.542. The van der Waals surface area contributed by atoms with Crippen LogP contribution in [-0.4, -0.2) is 80.7 Å². The average Bonchev–Trinajstić information content (AvgIpc) is 3.43. The molecule has 3 aromatic heterocycles. The molecule has 1 amide bonds. The number of halogens is 4. The topological polar surface area (TPSA) is 117 Å². The second kappa shape index (κ2) is 11.2. The highest BCUT2D eigenvalue weighted by molar-refractivity contribution is 8.00. The molecule has 0 unspecified atom stereocenters. The molecule has 15 heteroatoms. The maximum absolute atomic E-state index is 14.7. The predicted octanol–water partition coefficient (Wildman–Crippen LogP) is 4.61. The number of fused-ring (bicyclic) bond motifs is 1. The van der Waals surface area contributed by atoms with Gasteiger partial charge in [0, 0.05) is 31.0 Å². The van der Waals surface area contributed by atoms with Crippen LogP contribution in [0.3, 0.4) is 0 Å². The summed E-state index contributed by atoms with van der Waals surface area (Å²) >= 11 is -0.352. The molecule has 0 saturated carbocycles. The summed E-state index contributed by atoms with van der Waals surface area (Å²) < 4.78 is 67.2. The molecular weight excluding hydrogens is 544 g/mol. The van der Waals surface area contributed by atoms with Gasteiger partial charge in [-0.05, 0) is 52.4 Å². The Morgan fingerprint density at radius 3 is 2.74 bits per heavy atom. The van der Waals surface area contributed by atoms with E-state index in [4.69, 9.17) is 9.26 Å². The number of carbonyl (C=O) groups excluding carboxylic acids is 1. The van der Waals surface area contributed by atoms with Gasteiger partial charge in [0.25, 0.3) is 5.89 Å². The first-order chi connectivity index (χ1) is 18.2. The quantitative estimate of drug-likeness (QED) is 0.275. The van der Waals surface area contributed by atoms with Gasteiger partial charge in [0.1, 0.15) is 17.8 Å². The molecule has 1 aliphatic rings. The number of nitrogens with zero attached hydrogens (tertiary/aromatic N) is 4. The van der Waals surface area contributed by atoms with Gasteiger partial charge in [-0.1, -0.05) is 5.16 Å². The Morgan fingerprint density at radius 2 is 2.10 bits per heavy atom. The normalized spacial score (nSPS) is 19.7. The van der Waals surface area contributed by atoms with Gasteiger partial charge in [0.05, 0.1) is 34.4 Å². The number of nitrogens with one attached hydrogen (secondary N) is 2. The van der Waals surface area contributed by atoms with Crippen molar-refractivity contribution in [3.8, 4) is 11.4 Å². The van der Waals surface area contributed by atoms with E-state index in [-0.39, 0.29) is 40.6 Å². The summed E-state index contributed by atoms with van der Waals surface area (Å²) in [5.41, 5.74) is -4.61. The summed E-state index contributed by atoms with van der Waals surface area (Å²) in [5.74, 6) is -0.403. The van der Waals surface area contributed by atoms with Gasteiger partial charge in [-0.2, -0.15) is 18.2 Å². The molecule has 39 heavy (non-hydrogen) atoms. The van der Waals surface area contributed by atoms with E-state index in [0.717, 1.165) is 0 Å². The summed E-state index contributed by atoms with van der Waals surface area (Å²) in [4.78, 5) is 18.2. The molecule has 4 rings (SSSR count). The number of ether oxygens (including phenoxy) is 1. The van der Waals surface area contributed by atoms with Crippen LogP contribution < -0.4 is 10.6 Å². The number of rotatable bonds is 7. The lowest BCUT2D eigenvalue weighted by Crippen LogP contribution is -2.46. The van der Waals surface area contributed by atoms with Crippen molar-refractivity contribution in [1.29, 1.82) is 0 Å². The van der Waals surface area contributed by atoms with Crippen LogP contribution in [0.2, 0.25) is 0 Å². The van der Waals surface area contributed by atoms with E-state index in [9.17, 15) is 27.5 Å². The van der Waals surface area contributed by atoms with Crippen LogP contribution in [0.5, 0.6) is 0 Å². The monoisotopic (exact) mass is 574 g/mol. The number of thioether (sulfide) groups is 1. The Hall–Kier alpha value is -3.04. The summed E-state index contributed by atoms with van der Waals surface area (Å²) in [6.45, 7) is 5.28. The largest absolute Gasteiger partial charge is 0.447 e. The number of alkyl halides is 4. The van der Waals surface area contributed by atoms with Gasteiger partial charge in [0.2, 0.25) is 5.82 Å². The lowest BCUT2D eigenvalue weighted by Gasteiger charge is -2.33. The van der Waals surface area contributed by atoms with Gasteiger partial charge >= 0.3 is 11.6 Å². The second-order valence-electron chi connectivity index (χ2n) is 10.2. The van der Waals surface area contributed by atoms with Crippen LogP contribution in [0.25, 0.3) is 16.9 Å². The zero-order valence-electron chi connectivity index (χ0n) is 21.8. The van der Waals surface area contributed by atoms with E-state index in [1.54, 1.807) is 32.9 Å². The van der Waals surface area contributed by atoms with Crippen molar-refractivity contribution in [2.45, 2.75) is 61.6 Å². The highest BCUT2D eigenvalue weighted by Gasteiger charge is 2.35. The fourth-order valence-corrected chi connectivity index (χ4v) is 4.95. The number of likely N-dealkylation sites (tertiary alicyclic amines) is 1. The highest BCUT2D eigenvalue weighted by atomic mass is 32.2. The molecule has 0 radical (unpaired) electrons. The predicted molar refractivity (Wildman–Crippen MR) is 136 cm³/mol.